The fourth-order valence-electron chi connectivity index (χ4n) is 0.0589. The maximum absolute atomic E-state index is 4.65. The second kappa shape index (κ2) is 3.32. The maximum atomic E-state index is 4.65. The average molecular weight is 71.1 g/mol. The van der Waals surface area contributed by atoms with Crippen LogP contribution in [0.3, 0.4) is 0 Å². The van der Waals surface area contributed by atoms with Crippen molar-refractivity contribution in [3.63, 3.8) is 0 Å². The van der Waals surface area contributed by atoms with Gasteiger partial charge in [0.2, 0.25) is 0 Å². The molecule has 0 aromatic heterocycles. The lowest BCUT2D eigenvalue weighted by atomic mass is 11.2. The van der Waals surface area contributed by atoms with E-state index in [1.54, 1.807) is 0 Å². The molecule has 0 atom stereocenters. The number of hydrogen-bond donors (Lipinski definition) is 1. The third kappa shape index (κ3) is 3.32. The fraction of sp³-hybridized carbons (Fsp3) is 0.333. The molecule has 0 aliphatic carbocycles. The van der Waals surface area contributed by atoms with Crippen LogP contribution in [0.4, 0.5) is 0 Å². The Balaban J connectivity index is 2.48. The van der Waals surface area contributed by atoms with Crippen molar-refractivity contribution in [1.29, 1.82) is 0 Å². The Hall–Kier alpha value is -0.680. The molecular formula is C3H5NO. The van der Waals surface area contributed by atoms with Gasteiger partial charge in [-0.15, -0.1) is 0 Å². The number of nitrogens with one attached hydrogen (secondary N) is 1. The molecule has 0 aromatic carbocycles. The zero-order chi connectivity index (χ0) is 4.12. The van der Waals surface area contributed by atoms with Crippen molar-refractivity contribution in [3.8, 4) is 12.5 Å². The number of hydrogen-bond acceptors (Lipinski definition) is 2. The van der Waals surface area contributed by atoms with Gasteiger partial charge in [-0.2, -0.15) is 0 Å². The average Bonchev–Trinajstić information content (AvgIpc) is 1.41. The summed E-state index contributed by atoms with van der Waals surface area (Å²) < 4.78 is 0. The summed E-state index contributed by atoms with van der Waals surface area (Å²) >= 11 is 0. The lowest BCUT2D eigenvalue weighted by molar-refractivity contribution is 0.136. The second-order valence-corrected chi connectivity index (χ2v) is 0.451. The van der Waals surface area contributed by atoms with E-state index in [9.17, 15) is 0 Å². The Morgan fingerprint density at radius 3 is 2.60 bits per heavy atom. The summed E-state index contributed by atoms with van der Waals surface area (Å²) in [4.78, 5) is 4.20. The fourth-order valence-corrected chi connectivity index (χ4v) is 0.0589. The lowest BCUT2D eigenvalue weighted by Crippen LogP contribution is -1.99. The van der Waals surface area contributed by atoms with E-state index in [0.29, 0.717) is 0 Å². The summed E-state index contributed by atoms with van der Waals surface area (Å²) in [5.41, 5.74) is 2.14. The van der Waals surface area contributed by atoms with Crippen molar-refractivity contribution < 1.29 is 4.84 Å². The monoisotopic (exact) mass is 71.0 g/mol. The van der Waals surface area contributed by atoms with Crippen LogP contribution in [-0.2, 0) is 4.84 Å². The molecule has 0 bridgehead atoms. The third-order valence-corrected chi connectivity index (χ3v) is 0.161. The Kier molecular flexibility index (Phi) is 2.87. The van der Waals surface area contributed by atoms with E-state index >= 15 is 0 Å². The lowest BCUT2D eigenvalue weighted by Gasteiger charge is -1.82. The predicted octanol–water partition coefficient (Wildman–Crippen LogP) is -0.272. The Morgan fingerprint density at radius 1 is 2.00 bits per heavy atom. The first kappa shape index (κ1) is 4.32. The SMILES string of the molecule is C#CNOC. The van der Waals surface area contributed by atoms with Crippen LogP contribution in [0.5, 0.6) is 0 Å². The van der Waals surface area contributed by atoms with Gasteiger partial charge in [0.05, 0.1) is 7.11 Å². The normalized spacial score (nSPS) is 5.60. The van der Waals surface area contributed by atoms with Crippen LogP contribution in [0.1, 0.15) is 0 Å². The number of hydroxylamine groups is 1. The highest BCUT2D eigenvalue weighted by atomic mass is 16.6. The van der Waals surface area contributed by atoms with Gasteiger partial charge in [-0.3, -0.25) is 4.84 Å². The molecule has 0 spiro atoms. The van der Waals surface area contributed by atoms with Gasteiger partial charge in [0, 0.05) is 6.04 Å². The van der Waals surface area contributed by atoms with Crippen LogP contribution in [0, 0.1) is 12.5 Å². The standard InChI is InChI=1S/C3H5NO/c1-3-4-5-2/h1,4H,2H3. The molecule has 2 nitrogen and oxygen atoms in total. The zero-order valence-electron chi connectivity index (χ0n) is 2.99. The minimum atomic E-state index is 1.46. The van der Waals surface area contributed by atoms with E-state index in [-0.39, 0.29) is 0 Å². The van der Waals surface area contributed by atoms with E-state index in [1.807, 2.05) is 6.04 Å². The molecule has 0 aliphatic rings. The minimum absolute atomic E-state index is 1.46. The number of terminal acetylenes is 1. The quantitative estimate of drug-likeness (QED) is 0.261. The summed E-state index contributed by atoms with van der Waals surface area (Å²) in [6, 6.07) is 2.05. The molecule has 5 heavy (non-hydrogen) atoms. The molecular weight excluding hydrogens is 66.0 g/mol. The van der Waals surface area contributed by atoms with Crippen molar-refractivity contribution in [2.75, 3.05) is 7.11 Å². The molecule has 28 valence electrons. The molecule has 0 fully saturated rings. The molecule has 2 heteroatoms. The van der Waals surface area contributed by atoms with Gasteiger partial charge in [0.1, 0.15) is 0 Å². The molecule has 0 rings (SSSR count). The Bertz CT molecular complexity index is 45.3. The van der Waals surface area contributed by atoms with E-state index in [2.05, 4.69) is 16.7 Å². The van der Waals surface area contributed by atoms with Gasteiger partial charge in [0.15, 0.2) is 0 Å². The Labute approximate surface area is 31.1 Å². The van der Waals surface area contributed by atoms with Gasteiger partial charge in [-0.25, -0.2) is 5.48 Å². The Morgan fingerprint density at radius 2 is 2.60 bits per heavy atom. The van der Waals surface area contributed by atoms with Gasteiger partial charge in [0.25, 0.3) is 0 Å². The molecule has 0 radical (unpaired) electrons. The van der Waals surface area contributed by atoms with Crippen LogP contribution in [0.15, 0.2) is 0 Å². The molecule has 0 saturated carbocycles. The molecule has 0 unspecified atom stereocenters. The highest BCUT2D eigenvalue weighted by Gasteiger charge is 1.50. The zero-order valence-corrected chi connectivity index (χ0v) is 2.99. The largest absolute Gasteiger partial charge is 0.272 e. The van der Waals surface area contributed by atoms with Gasteiger partial charge < -0.3 is 0 Å². The third-order valence-electron chi connectivity index (χ3n) is 0.161. The number of rotatable bonds is 1. The van der Waals surface area contributed by atoms with Gasteiger partial charge in [-0.05, 0) is 0 Å². The second-order valence-electron chi connectivity index (χ2n) is 0.451. The summed E-state index contributed by atoms with van der Waals surface area (Å²) in [5.74, 6) is 0. The molecule has 0 saturated heterocycles. The van der Waals surface area contributed by atoms with E-state index in [1.165, 1.54) is 7.11 Å². The van der Waals surface area contributed by atoms with E-state index in [0.717, 1.165) is 0 Å². The van der Waals surface area contributed by atoms with Crippen LogP contribution in [0.25, 0.3) is 0 Å². The topological polar surface area (TPSA) is 21.3 Å². The molecule has 0 aliphatic heterocycles. The van der Waals surface area contributed by atoms with Crippen LogP contribution >= 0.6 is 0 Å². The van der Waals surface area contributed by atoms with Crippen molar-refractivity contribution >= 4 is 0 Å². The molecule has 0 aromatic rings. The van der Waals surface area contributed by atoms with Crippen LogP contribution in [-0.4, -0.2) is 7.11 Å². The highest BCUT2D eigenvalue weighted by Crippen LogP contribution is 1.39. The van der Waals surface area contributed by atoms with Crippen LogP contribution in [0.2, 0.25) is 0 Å². The van der Waals surface area contributed by atoms with Crippen molar-refractivity contribution in [2.45, 2.75) is 0 Å². The molecule has 0 heterocycles. The first-order chi connectivity index (χ1) is 2.41. The van der Waals surface area contributed by atoms with Gasteiger partial charge in [-0.1, -0.05) is 6.42 Å². The summed E-state index contributed by atoms with van der Waals surface area (Å²) in [5, 5.41) is 0. The van der Waals surface area contributed by atoms with Crippen molar-refractivity contribution in [2.24, 2.45) is 0 Å². The smallest absolute Gasteiger partial charge is 0.0644 e. The first-order valence-electron chi connectivity index (χ1n) is 1.15. The van der Waals surface area contributed by atoms with Crippen LogP contribution < -0.4 is 5.48 Å². The summed E-state index contributed by atoms with van der Waals surface area (Å²) in [7, 11) is 1.46. The molecule has 0 amide bonds. The highest BCUT2D eigenvalue weighted by molar-refractivity contribution is 4.73. The van der Waals surface area contributed by atoms with Gasteiger partial charge >= 0.3 is 0 Å². The minimum Gasteiger partial charge on any atom is -0.272 e. The molecule has 1 N–H and O–H groups in total. The van der Waals surface area contributed by atoms with E-state index < -0.39 is 0 Å². The predicted molar refractivity (Wildman–Crippen MR) is 19.0 cm³/mol. The van der Waals surface area contributed by atoms with E-state index in [4.69, 9.17) is 0 Å². The maximum Gasteiger partial charge on any atom is 0.0644 e. The van der Waals surface area contributed by atoms with Crippen molar-refractivity contribution in [3.05, 3.63) is 0 Å². The summed E-state index contributed by atoms with van der Waals surface area (Å²) in [6.07, 6.45) is 4.65. The summed E-state index contributed by atoms with van der Waals surface area (Å²) in [6.45, 7) is 0. The van der Waals surface area contributed by atoms with Crippen molar-refractivity contribution in [1.82, 2.24) is 5.48 Å². The first-order valence-corrected chi connectivity index (χ1v) is 1.15.